The molecule has 1 amide bonds. The average Bonchev–Trinajstić information content (AvgIpc) is 3.28. The number of carbonyl (C=O) groups is 1. The van der Waals surface area contributed by atoms with E-state index < -0.39 is 0 Å². The Balaban J connectivity index is 1.37. The first-order valence-corrected chi connectivity index (χ1v) is 9.86. The van der Waals surface area contributed by atoms with Gasteiger partial charge in [-0.15, -0.1) is 10.2 Å². The molecule has 2 saturated heterocycles. The van der Waals surface area contributed by atoms with Gasteiger partial charge in [0.25, 0.3) is 0 Å². The van der Waals surface area contributed by atoms with E-state index in [9.17, 15) is 4.79 Å². The van der Waals surface area contributed by atoms with Gasteiger partial charge in [0.05, 0.1) is 6.54 Å². The maximum Gasteiger partial charge on any atom is 0.225 e. The molecule has 2 aromatic heterocycles. The molecule has 0 N–H and O–H groups in total. The predicted molar refractivity (Wildman–Crippen MR) is 99.2 cm³/mol. The molecule has 146 valence electrons. The minimum absolute atomic E-state index is 0.148. The lowest BCUT2D eigenvalue weighted by Gasteiger charge is -2.34. The van der Waals surface area contributed by atoms with Gasteiger partial charge in [-0.1, -0.05) is 0 Å². The third kappa shape index (κ3) is 3.76. The summed E-state index contributed by atoms with van der Waals surface area (Å²) in [5, 5.41) is 8.87. The highest BCUT2D eigenvalue weighted by molar-refractivity contribution is 5.79. The number of hydrogen-bond acceptors (Lipinski definition) is 5. The topological polar surface area (TPSA) is 78.1 Å². The third-order valence-electron chi connectivity index (χ3n) is 5.98. The third-order valence-corrected chi connectivity index (χ3v) is 5.98. The monoisotopic (exact) mass is 372 g/mol. The molecule has 2 fully saturated rings. The first-order valence-electron chi connectivity index (χ1n) is 9.86. The SMILES string of the molecule is Cc1nccn1Cc1nnc(C2CCN(C(=O)C3CCOCC3)CC2)n1C. The van der Waals surface area contributed by atoms with Crippen molar-refractivity contribution in [2.75, 3.05) is 26.3 Å². The van der Waals surface area contributed by atoms with Crippen LogP contribution in [-0.4, -0.2) is 61.4 Å². The van der Waals surface area contributed by atoms with Crippen LogP contribution in [0.4, 0.5) is 0 Å². The number of piperidine rings is 1. The van der Waals surface area contributed by atoms with Gasteiger partial charge in [-0.3, -0.25) is 4.79 Å². The zero-order valence-electron chi connectivity index (χ0n) is 16.2. The lowest BCUT2D eigenvalue weighted by atomic mass is 9.93. The largest absolute Gasteiger partial charge is 0.381 e. The van der Waals surface area contributed by atoms with Crippen molar-refractivity contribution in [2.24, 2.45) is 13.0 Å². The molecule has 2 aromatic rings. The van der Waals surface area contributed by atoms with Gasteiger partial charge in [0.1, 0.15) is 11.6 Å². The van der Waals surface area contributed by atoms with E-state index in [1.807, 2.05) is 25.1 Å². The van der Waals surface area contributed by atoms with Crippen LogP contribution in [0.25, 0.3) is 0 Å². The van der Waals surface area contributed by atoms with Gasteiger partial charge in [-0.05, 0) is 32.6 Å². The maximum atomic E-state index is 12.7. The average molecular weight is 372 g/mol. The minimum Gasteiger partial charge on any atom is -0.381 e. The summed E-state index contributed by atoms with van der Waals surface area (Å²) < 4.78 is 9.56. The molecule has 8 nitrogen and oxygen atoms in total. The van der Waals surface area contributed by atoms with Crippen LogP contribution in [0, 0.1) is 12.8 Å². The number of imidazole rings is 1. The van der Waals surface area contributed by atoms with Gasteiger partial charge in [0.2, 0.25) is 5.91 Å². The molecule has 0 bridgehead atoms. The van der Waals surface area contributed by atoms with Gasteiger partial charge in [-0.2, -0.15) is 0 Å². The van der Waals surface area contributed by atoms with Gasteiger partial charge in [0.15, 0.2) is 5.82 Å². The first kappa shape index (κ1) is 18.2. The number of amides is 1. The molecular weight excluding hydrogens is 344 g/mol. The van der Waals surface area contributed by atoms with E-state index in [2.05, 4.69) is 24.3 Å². The molecule has 27 heavy (non-hydrogen) atoms. The molecule has 0 radical (unpaired) electrons. The van der Waals surface area contributed by atoms with Crippen LogP contribution in [0.15, 0.2) is 12.4 Å². The molecule has 0 unspecified atom stereocenters. The summed E-state index contributed by atoms with van der Waals surface area (Å²) in [5.41, 5.74) is 0. The van der Waals surface area contributed by atoms with Crippen molar-refractivity contribution in [1.29, 1.82) is 0 Å². The van der Waals surface area contributed by atoms with Crippen LogP contribution in [-0.2, 0) is 23.1 Å². The van der Waals surface area contributed by atoms with Crippen molar-refractivity contribution < 1.29 is 9.53 Å². The van der Waals surface area contributed by atoms with E-state index >= 15 is 0 Å². The fourth-order valence-electron chi connectivity index (χ4n) is 4.15. The summed E-state index contributed by atoms with van der Waals surface area (Å²) in [5.74, 6) is 3.76. The highest BCUT2D eigenvalue weighted by atomic mass is 16.5. The number of carbonyl (C=O) groups excluding carboxylic acids is 1. The highest BCUT2D eigenvalue weighted by Gasteiger charge is 2.31. The standard InChI is InChI=1S/C19H28N6O2/c1-14-20-7-10-25(14)13-17-21-22-18(23(17)2)15-3-8-24(9-4-15)19(26)16-5-11-27-12-6-16/h7,10,15-16H,3-6,8-9,11-13H2,1-2H3. The van der Waals surface area contributed by atoms with Crippen LogP contribution in [0.5, 0.6) is 0 Å². The maximum absolute atomic E-state index is 12.7. The summed E-state index contributed by atoms with van der Waals surface area (Å²) in [4.78, 5) is 19.0. The molecule has 0 aliphatic carbocycles. The lowest BCUT2D eigenvalue weighted by Crippen LogP contribution is -2.43. The van der Waals surface area contributed by atoms with E-state index in [4.69, 9.17) is 4.74 Å². The predicted octanol–water partition coefficient (Wildman–Crippen LogP) is 1.50. The Morgan fingerprint density at radius 1 is 1.19 bits per heavy atom. The number of likely N-dealkylation sites (tertiary alicyclic amines) is 1. The van der Waals surface area contributed by atoms with Crippen molar-refractivity contribution in [3.8, 4) is 0 Å². The molecular formula is C19H28N6O2. The van der Waals surface area contributed by atoms with E-state index in [1.54, 1.807) is 6.20 Å². The van der Waals surface area contributed by atoms with Gasteiger partial charge >= 0.3 is 0 Å². The second-order valence-corrected chi connectivity index (χ2v) is 7.62. The van der Waals surface area contributed by atoms with Crippen molar-refractivity contribution >= 4 is 5.91 Å². The normalized spacial score (nSPS) is 19.6. The number of rotatable bonds is 4. The second-order valence-electron chi connectivity index (χ2n) is 7.62. The van der Waals surface area contributed by atoms with Crippen molar-refractivity contribution in [3.05, 3.63) is 29.9 Å². The van der Waals surface area contributed by atoms with Crippen LogP contribution in [0.3, 0.4) is 0 Å². The zero-order chi connectivity index (χ0) is 18.8. The number of ether oxygens (including phenoxy) is 1. The second kappa shape index (κ2) is 7.80. The molecule has 0 aromatic carbocycles. The summed E-state index contributed by atoms with van der Waals surface area (Å²) in [6.45, 7) is 5.71. The van der Waals surface area contributed by atoms with Crippen molar-refractivity contribution in [3.63, 3.8) is 0 Å². The Morgan fingerprint density at radius 3 is 2.59 bits per heavy atom. The van der Waals surface area contributed by atoms with Crippen molar-refractivity contribution in [1.82, 2.24) is 29.2 Å². The highest BCUT2D eigenvalue weighted by Crippen LogP contribution is 2.29. The lowest BCUT2D eigenvalue weighted by molar-refractivity contribution is -0.139. The Labute approximate surface area is 159 Å². The van der Waals surface area contributed by atoms with E-state index in [-0.39, 0.29) is 5.92 Å². The molecule has 8 heteroatoms. The van der Waals surface area contributed by atoms with E-state index in [1.165, 1.54) is 0 Å². The summed E-state index contributed by atoms with van der Waals surface area (Å²) in [6.07, 6.45) is 7.39. The van der Waals surface area contributed by atoms with Crippen LogP contribution in [0.1, 0.15) is 49.1 Å². The Hall–Kier alpha value is -2.22. The fraction of sp³-hybridized carbons (Fsp3) is 0.684. The van der Waals surface area contributed by atoms with Gasteiger partial charge in [0, 0.05) is 57.6 Å². The number of hydrogen-bond donors (Lipinski definition) is 0. The van der Waals surface area contributed by atoms with E-state index in [0.29, 0.717) is 31.6 Å². The molecule has 2 aliphatic heterocycles. The molecule has 4 heterocycles. The number of nitrogens with zero attached hydrogens (tertiary/aromatic N) is 6. The Kier molecular flexibility index (Phi) is 5.24. The summed E-state index contributed by atoms with van der Waals surface area (Å²) >= 11 is 0. The van der Waals surface area contributed by atoms with Crippen LogP contribution < -0.4 is 0 Å². The molecule has 0 atom stereocenters. The van der Waals surface area contributed by atoms with E-state index in [0.717, 1.165) is 56.2 Å². The number of aryl methyl sites for hydroxylation is 1. The van der Waals surface area contributed by atoms with Crippen LogP contribution in [0.2, 0.25) is 0 Å². The minimum atomic E-state index is 0.148. The van der Waals surface area contributed by atoms with Gasteiger partial charge in [-0.25, -0.2) is 4.98 Å². The smallest absolute Gasteiger partial charge is 0.225 e. The molecule has 2 aliphatic rings. The van der Waals surface area contributed by atoms with Crippen LogP contribution >= 0.6 is 0 Å². The number of aromatic nitrogens is 5. The summed E-state index contributed by atoms with van der Waals surface area (Å²) in [6, 6.07) is 0. The zero-order valence-corrected chi connectivity index (χ0v) is 16.2. The quantitative estimate of drug-likeness (QED) is 0.813. The molecule has 0 spiro atoms. The molecule has 0 saturated carbocycles. The summed E-state index contributed by atoms with van der Waals surface area (Å²) in [7, 11) is 2.04. The fourth-order valence-corrected chi connectivity index (χ4v) is 4.15. The first-order chi connectivity index (χ1) is 13.1. The van der Waals surface area contributed by atoms with Crippen molar-refractivity contribution in [2.45, 2.75) is 45.1 Å². The Bertz CT molecular complexity index is 784. The molecule has 4 rings (SSSR count). The Morgan fingerprint density at radius 2 is 1.93 bits per heavy atom. The van der Waals surface area contributed by atoms with Gasteiger partial charge < -0.3 is 18.8 Å².